The summed E-state index contributed by atoms with van der Waals surface area (Å²) >= 11 is 1.67. The highest BCUT2D eigenvalue weighted by Crippen LogP contribution is 2.33. The number of nitrogens with two attached hydrogens (primary N) is 1. The van der Waals surface area contributed by atoms with Gasteiger partial charge in [0, 0.05) is 43.3 Å². The van der Waals surface area contributed by atoms with Crippen LogP contribution in [0.3, 0.4) is 0 Å². The van der Waals surface area contributed by atoms with E-state index in [0.29, 0.717) is 6.54 Å². The van der Waals surface area contributed by atoms with Gasteiger partial charge in [0.25, 0.3) is 0 Å². The van der Waals surface area contributed by atoms with E-state index in [0.717, 1.165) is 23.2 Å². The van der Waals surface area contributed by atoms with Gasteiger partial charge in [0.2, 0.25) is 0 Å². The number of imidazole rings is 1. The molecule has 0 aliphatic rings. The molecular formula is C14H23N5S. The predicted molar refractivity (Wildman–Crippen MR) is 84.0 cm³/mol. The largest absolute Gasteiger partial charge is 0.344 e. The lowest BCUT2D eigenvalue weighted by molar-refractivity contribution is 0.566. The van der Waals surface area contributed by atoms with E-state index in [4.69, 9.17) is 10.7 Å². The molecule has 0 spiro atoms. The van der Waals surface area contributed by atoms with Crippen molar-refractivity contribution in [1.82, 2.24) is 14.5 Å². The molecule has 2 aromatic rings. The zero-order valence-corrected chi connectivity index (χ0v) is 13.7. The van der Waals surface area contributed by atoms with E-state index in [2.05, 4.69) is 30.7 Å². The van der Waals surface area contributed by atoms with Crippen molar-refractivity contribution in [2.24, 2.45) is 12.8 Å². The first-order chi connectivity index (χ1) is 9.32. The van der Waals surface area contributed by atoms with Crippen LogP contribution in [0.1, 0.15) is 37.2 Å². The third-order valence-corrected chi connectivity index (χ3v) is 4.40. The van der Waals surface area contributed by atoms with Crippen LogP contribution in [-0.2, 0) is 25.6 Å². The van der Waals surface area contributed by atoms with Crippen LogP contribution < -0.4 is 10.6 Å². The maximum atomic E-state index is 5.86. The van der Waals surface area contributed by atoms with Crippen LogP contribution in [0.15, 0.2) is 12.4 Å². The molecule has 0 saturated carbocycles. The maximum absolute atomic E-state index is 5.86. The van der Waals surface area contributed by atoms with Crippen LogP contribution in [0.2, 0.25) is 0 Å². The number of rotatable bonds is 4. The Morgan fingerprint density at radius 1 is 1.40 bits per heavy atom. The summed E-state index contributed by atoms with van der Waals surface area (Å²) in [7, 11) is 4.05. The molecule has 0 unspecified atom stereocenters. The van der Waals surface area contributed by atoms with Crippen LogP contribution in [0.5, 0.6) is 0 Å². The van der Waals surface area contributed by atoms with Crippen molar-refractivity contribution >= 4 is 16.5 Å². The molecule has 20 heavy (non-hydrogen) atoms. The highest BCUT2D eigenvalue weighted by Gasteiger charge is 2.23. The second kappa shape index (κ2) is 5.54. The Balaban J connectivity index is 2.25. The highest BCUT2D eigenvalue weighted by molar-refractivity contribution is 7.15. The number of anilines is 1. The van der Waals surface area contributed by atoms with Gasteiger partial charge in [0.05, 0.1) is 12.2 Å². The topological polar surface area (TPSA) is 60.0 Å². The summed E-state index contributed by atoms with van der Waals surface area (Å²) in [6.45, 7) is 7.79. The molecule has 2 heterocycles. The smallest absolute Gasteiger partial charge is 0.185 e. The second-order valence-electron chi connectivity index (χ2n) is 6.03. The zero-order valence-electron chi connectivity index (χ0n) is 12.8. The number of hydrogen-bond acceptors (Lipinski definition) is 5. The lowest BCUT2D eigenvalue weighted by atomic mass is 9.91. The van der Waals surface area contributed by atoms with Crippen molar-refractivity contribution in [3.05, 3.63) is 28.8 Å². The number of aromatic nitrogens is 3. The molecule has 0 amide bonds. The summed E-state index contributed by atoms with van der Waals surface area (Å²) in [4.78, 5) is 12.4. The summed E-state index contributed by atoms with van der Waals surface area (Å²) in [6.07, 6.45) is 3.77. The minimum absolute atomic E-state index is 0.0213. The molecule has 6 heteroatoms. The quantitative estimate of drug-likeness (QED) is 0.939. The Bertz CT molecular complexity index is 579. The van der Waals surface area contributed by atoms with Crippen molar-refractivity contribution < 1.29 is 0 Å². The normalized spacial score (nSPS) is 11.9. The third kappa shape index (κ3) is 3.02. The monoisotopic (exact) mass is 293 g/mol. The van der Waals surface area contributed by atoms with E-state index in [1.165, 1.54) is 4.88 Å². The molecule has 2 rings (SSSR count). The van der Waals surface area contributed by atoms with Gasteiger partial charge in [-0.05, 0) is 0 Å². The van der Waals surface area contributed by atoms with Crippen LogP contribution in [0, 0.1) is 0 Å². The summed E-state index contributed by atoms with van der Waals surface area (Å²) in [6, 6.07) is 0. The second-order valence-corrected chi connectivity index (χ2v) is 7.09. The highest BCUT2D eigenvalue weighted by atomic mass is 32.1. The van der Waals surface area contributed by atoms with Crippen molar-refractivity contribution in [1.29, 1.82) is 0 Å². The molecule has 0 atom stereocenters. The molecule has 110 valence electrons. The minimum Gasteiger partial charge on any atom is -0.344 e. The number of aryl methyl sites for hydroxylation is 1. The van der Waals surface area contributed by atoms with E-state index < -0.39 is 0 Å². The fraction of sp³-hybridized carbons (Fsp3) is 0.571. The van der Waals surface area contributed by atoms with Gasteiger partial charge in [-0.15, -0.1) is 11.3 Å². The van der Waals surface area contributed by atoms with Crippen LogP contribution in [-0.4, -0.2) is 21.6 Å². The van der Waals surface area contributed by atoms with Crippen molar-refractivity contribution in [3.63, 3.8) is 0 Å². The zero-order chi connectivity index (χ0) is 14.9. The van der Waals surface area contributed by atoms with Gasteiger partial charge in [-0.2, -0.15) is 0 Å². The molecule has 0 fully saturated rings. The first-order valence-electron chi connectivity index (χ1n) is 6.70. The van der Waals surface area contributed by atoms with Crippen LogP contribution >= 0.6 is 11.3 Å². The van der Waals surface area contributed by atoms with Crippen LogP contribution in [0.25, 0.3) is 0 Å². The average Bonchev–Trinajstić information content (AvgIpc) is 2.95. The Morgan fingerprint density at radius 2 is 2.10 bits per heavy atom. The van der Waals surface area contributed by atoms with Gasteiger partial charge in [-0.1, -0.05) is 20.8 Å². The number of nitrogens with zero attached hydrogens (tertiary/aromatic N) is 4. The fourth-order valence-electron chi connectivity index (χ4n) is 2.06. The van der Waals surface area contributed by atoms with Crippen molar-refractivity contribution in [3.8, 4) is 0 Å². The molecular weight excluding hydrogens is 270 g/mol. The molecule has 2 N–H and O–H groups in total. The lowest BCUT2D eigenvalue weighted by Gasteiger charge is -2.18. The molecule has 0 aliphatic heterocycles. The van der Waals surface area contributed by atoms with Gasteiger partial charge in [-0.3, -0.25) is 0 Å². The van der Waals surface area contributed by atoms with Gasteiger partial charge in [0.15, 0.2) is 5.13 Å². The van der Waals surface area contributed by atoms with Crippen molar-refractivity contribution in [2.45, 2.75) is 39.3 Å². The van der Waals surface area contributed by atoms with Gasteiger partial charge < -0.3 is 15.2 Å². The predicted octanol–water partition coefficient (Wildman–Crippen LogP) is 2.27. The number of thiazole rings is 1. The van der Waals surface area contributed by atoms with Crippen molar-refractivity contribution in [2.75, 3.05) is 11.9 Å². The van der Waals surface area contributed by atoms with Gasteiger partial charge >= 0.3 is 0 Å². The molecule has 0 bridgehead atoms. The van der Waals surface area contributed by atoms with Gasteiger partial charge in [-0.25, -0.2) is 9.97 Å². The first-order valence-corrected chi connectivity index (χ1v) is 7.52. The number of hydrogen-bond donors (Lipinski definition) is 1. The lowest BCUT2D eigenvalue weighted by Crippen LogP contribution is -2.20. The van der Waals surface area contributed by atoms with E-state index >= 15 is 0 Å². The molecule has 5 nitrogen and oxygen atoms in total. The Hall–Kier alpha value is -1.40. The Labute approximate surface area is 124 Å². The average molecular weight is 293 g/mol. The van der Waals surface area contributed by atoms with E-state index in [-0.39, 0.29) is 5.41 Å². The third-order valence-electron chi connectivity index (χ3n) is 3.21. The molecule has 0 saturated heterocycles. The first kappa shape index (κ1) is 15.0. The SMILES string of the molecule is CN(Cc1nccn1C)c1nc(C(C)(C)C)c(CN)s1. The molecule has 2 aromatic heterocycles. The summed E-state index contributed by atoms with van der Waals surface area (Å²) in [5, 5.41) is 0.998. The molecule has 0 aromatic carbocycles. The Morgan fingerprint density at radius 3 is 2.55 bits per heavy atom. The maximum Gasteiger partial charge on any atom is 0.185 e. The van der Waals surface area contributed by atoms with Gasteiger partial charge in [0.1, 0.15) is 5.82 Å². The molecule has 0 radical (unpaired) electrons. The van der Waals surface area contributed by atoms with Crippen LogP contribution in [0.4, 0.5) is 5.13 Å². The molecule has 0 aliphatic carbocycles. The summed E-state index contributed by atoms with van der Waals surface area (Å²) in [5.74, 6) is 1.02. The Kier molecular flexibility index (Phi) is 4.15. The summed E-state index contributed by atoms with van der Waals surface area (Å²) < 4.78 is 2.03. The fourth-order valence-corrected chi connectivity index (χ4v) is 3.17. The van der Waals surface area contributed by atoms with E-state index in [9.17, 15) is 0 Å². The summed E-state index contributed by atoms with van der Waals surface area (Å²) in [5.41, 5.74) is 6.98. The van der Waals surface area contributed by atoms with E-state index in [1.807, 2.05) is 31.1 Å². The standard InChI is InChI=1S/C14H23N5S/c1-14(2,3)12-10(8-15)20-13(17-12)19(5)9-11-16-6-7-18(11)4/h6-7H,8-9,15H2,1-5H3. The minimum atomic E-state index is 0.0213. The van der Waals surface area contributed by atoms with E-state index in [1.54, 1.807) is 11.3 Å².